The summed E-state index contributed by atoms with van der Waals surface area (Å²) in [5.41, 5.74) is 2.58. The molecule has 6 heteroatoms. The minimum atomic E-state index is -0.198. The summed E-state index contributed by atoms with van der Waals surface area (Å²) in [5.74, 6) is 0.184. The number of nitrogens with zero attached hydrogens (tertiary/aromatic N) is 2. The van der Waals surface area contributed by atoms with Crippen molar-refractivity contribution in [1.82, 2.24) is 15.2 Å². The molecule has 0 unspecified atom stereocenters. The van der Waals surface area contributed by atoms with Crippen LogP contribution in [-0.2, 0) is 4.79 Å². The number of fused-ring (bicyclic) bond motifs is 1. The molecule has 0 spiro atoms. The quantitative estimate of drug-likeness (QED) is 0.734. The van der Waals surface area contributed by atoms with E-state index in [1.54, 1.807) is 17.4 Å². The van der Waals surface area contributed by atoms with E-state index >= 15 is 0 Å². The Morgan fingerprint density at radius 1 is 1.11 bits per heavy atom. The van der Waals surface area contributed by atoms with Gasteiger partial charge < -0.3 is 10.2 Å². The largest absolute Gasteiger partial charge is 0.343 e. The van der Waals surface area contributed by atoms with Crippen molar-refractivity contribution in [2.24, 2.45) is 0 Å². The zero-order valence-electron chi connectivity index (χ0n) is 15.9. The summed E-state index contributed by atoms with van der Waals surface area (Å²) in [4.78, 5) is 31.4. The standard InChI is InChI=1S/C22H23N3O2S/c1-15-6-2-3-7-17(15)21(27)23-14-20(26)25-12-10-16(11-13-25)22-24-18-8-4-5-9-19(18)28-22/h2-9,16H,10-14H2,1H3,(H,23,27). The molecule has 0 atom stereocenters. The van der Waals surface area contributed by atoms with Gasteiger partial charge in [0.15, 0.2) is 0 Å². The Balaban J connectivity index is 1.30. The van der Waals surface area contributed by atoms with Crippen LogP contribution in [0.4, 0.5) is 0 Å². The van der Waals surface area contributed by atoms with Gasteiger partial charge >= 0.3 is 0 Å². The molecule has 144 valence electrons. The van der Waals surface area contributed by atoms with Crippen molar-refractivity contribution in [2.45, 2.75) is 25.7 Å². The molecular weight excluding hydrogens is 370 g/mol. The lowest BCUT2D eigenvalue weighted by Crippen LogP contribution is -2.43. The fraction of sp³-hybridized carbons (Fsp3) is 0.318. The molecule has 1 saturated heterocycles. The van der Waals surface area contributed by atoms with E-state index in [-0.39, 0.29) is 18.4 Å². The van der Waals surface area contributed by atoms with E-state index < -0.39 is 0 Å². The van der Waals surface area contributed by atoms with Crippen molar-refractivity contribution in [3.8, 4) is 0 Å². The van der Waals surface area contributed by atoms with Crippen molar-refractivity contribution in [3.05, 3.63) is 64.7 Å². The molecule has 1 fully saturated rings. The highest BCUT2D eigenvalue weighted by molar-refractivity contribution is 7.18. The van der Waals surface area contributed by atoms with E-state index in [4.69, 9.17) is 4.98 Å². The van der Waals surface area contributed by atoms with Gasteiger partial charge in [-0.15, -0.1) is 11.3 Å². The first kappa shape index (κ1) is 18.6. The summed E-state index contributed by atoms with van der Waals surface area (Å²) in [6.07, 6.45) is 1.83. The summed E-state index contributed by atoms with van der Waals surface area (Å²) < 4.78 is 1.22. The van der Waals surface area contributed by atoms with E-state index in [1.807, 2.05) is 48.2 Å². The smallest absolute Gasteiger partial charge is 0.251 e. The normalized spacial score (nSPS) is 15.0. The number of rotatable bonds is 4. The van der Waals surface area contributed by atoms with Gasteiger partial charge in [-0.05, 0) is 43.5 Å². The van der Waals surface area contributed by atoms with Crippen LogP contribution < -0.4 is 5.32 Å². The third-order valence-electron chi connectivity index (χ3n) is 5.30. The van der Waals surface area contributed by atoms with Crippen LogP contribution in [0.1, 0.15) is 39.7 Å². The molecule has 4 rings (SSSR count). The molecule has 0 bridgehead atoms. The Labute approximate surface area is 168 Å². The van der Waals surface area contributed by atoms with Gasteiger partial charge in [0.1, 0.15) is 0 Å². The average Bonchev–Trinajstić information content (AvgIpc) is 3.16. The van der Waals surface area contributed by atoms with Gasteiger partial charge in [-0.2, -0.15) is 0 Å². The van der Waals surface area contributed by atoms with Crippen LogP contribution in [0.15, 0.2) is 48.5 Å². The number of nitrogens with one attached hydrogen (secondary N) is 1. The van der Waals surface area contributed by atoms with Crippen LogP contribution in [-0.4, -0.2) is 41.3 Å². The summed E-state index contributed by atoms with van der Waals surface area (Å²) in [6.45, 7) is 3.35. The number of carbonyl (C=O) groups is 2. The fourth-order valence-electron chi connectivity index (χ4n) is 3.63. The molecule has 1 N–H and O–H groups in total. The maximum Gasteiger partial charge on any atom is 0.251 e. The number of likely N-dealkylation sites (tertiary alicyclic amines) is 1. The number of amides is 2. The minimum Gasteiger partial charge on any atom is -0.343 e. The van der Waals surface area contributed by atoms with Crippen LogP contribution in [0.3, 0.4) is 0 Å². The topological polar surface area (TPSA) is 62.3 Å². The zero-order chi connectivity index (χ0) is 19.5. The summed E-state index contributed by atoms with van der Waals surface area (Å²) >= 11 is 1.75. The van der Waals surface area contributed by atoms with Gasteiger partial charge in [0.2, 0.25) is 5.91 Å². The Morgan fingerprint density at radius 3 is 2.57 bits per heavy atom. The average molecular weight is 394 g/mol. The molecule has 2 aromatic carbocycles. The van der Waals surface area contributed by atoms with Crippen LogP contribution in [0, 0.1) is 6.92 Å². The van der Waals surface area contributed by atoms with Gasteiger partial charge in [0, 0.05) is 24.6 Å². The SMILES string of the molecule is Cc1ccccc1C(=O)NCC(=O)N1CCC(c2nc3ccccc3s2)CC1. The minimum absolute atomic E-state index is 0.0234. The van der Waals surface area contributed by atoms with E-state index in [2.05, 4.69) is 11.4 Å². The zero-order valence-corrected chi connectivity index (χ0v) is 16.7. The van der Waals surface area contributed by atoms with Gasteiger partial charge in [-0.1, -0.05) is 30.3 Å². The van der Waals surface area contributed by atoms with E-state index in [0.717, 1.165) is 23.9 Å². The predicted molar refractivity (Wildman–Crippen MR) is 112 cm³/mol. The number of hydrogen-bond acceptors (Lipinski definition) is 4. The lowest BCUT2D eigenvalue weighted by Gasteiger charge is -2.31. The summed E-state index contributed by atoms with van der Waals surface area (Å²) in [5, 5.41) is 3.92. The first-order valence-electron chi connectivity index (χ1n) is 9.59. The number of thiazole rings is 1. The Hall–Kier alpha value is -2.73. The lowest BCUT2D eigenvalue weighted by molar-refractivity contribution is -0.131. The monoisotopic (exact) mass is 393 g/mol. The van der Waals surface area contributed by atoms with Crippen molar-refractivity contribution in [3.63, 3.8) is 0 Å². The number of carbonyl (C=O) groups excluding carboxylic acids is 2. The summed E-state index contributed by atoms with van der Waals surface area (Å²) in [6, 6.07) is 15.6. The number of aromatic nitrogens is 1. The highest BCUT2D eigenvalue weighted by Crippen LogP contribution is 2.33. The maximum atomic E-state index is 12.5. The first-order valence-corrected chi connectivity index (χ1v) is 10.4. The van der Waals surface area contributed by atoms with Crippen molar-refractivity contribution in [1.29, 1.82) is 0 Å². The van der Waals surface area contributed by atoms with Crippen molar-refractivity contribution < 1.29 is 9.59 Å². The number of aryl methyl sites for hydroxylation is 1. The molecule has 2 amide bonds. The number of benzene rings is 2. The third kappa shape index (κ3) is 3.92. The van der Waals surface area contributed by atoms with Crippen molar-refractivity contribution >= 4 is 33.4 Å². The molecule has 1 aromatic heterocycles. The highest BCUT2D eigenvalue weighted by atomic mass is 32.1. The number of piperidine rings is 1. The van der Waals surface area contributed by atoms with Crippen LogP contribution in [0.25, 0.3) is 10.2 Å². The van der Waals surface area contributed by atoms with E-state index in [9.17, 15) is 9.59 Å². The van der Waals surface area contributed by atoms with E-state index in [0.29, 0.717) is 24.6 Å². The Bertz CT molecular complexity index is 973. The molecule has 5 nitrogen and oxygen atoms in total. The lowest BCUT2D eigenvalue weighted by atomic mass is 9.97. The number of hydrogen-bond donors (Lipinski definition) is 1. The molecule has 2 heterocycles. The Kier molecular flexibility index (Phi) is 5.39. The number of para-hydroxylation sites is 1. The second-order valence-electron chi connectivity index (χ2n) is 7.17. The van der Waals surface area contributed by atoms with Crippen LogP contribution in [0.2, 0.25) is 0 Å². The highest BCUT2D eigenvalue weighted by Gasteiger charge is 2.26. The molecule has 1 aliphatic rings. The molecule has 0 saturated carbocycles. The second-order valence-corrected chi connectivity index (χ2v) is 8.23. The second kappa shape index (κ2) is 8.10. The molecule has 0 radical (unpaired) electrons. The summed E-state index contributed by atoms with van der Waals surface area (Å²) in [7, 11) is 0. The van der Waals surface area contributed by atoms with Gasteiger partial charge in [-0.3, -0.25) is 9.59 Å². The van der Waals surface area contributed by atoms with Gasteiger partial charge in [0.05, 0.1) is 21.8 Å². The van der Waals surface area contributed by atoms with E-state index in [1.165, 1.54) is 9.71 Å². The fourth-order valence-corrected chi connectivity index (χ4v) is 4.77. The van der Waals surface area contributed by atoms with Crippen LogP contribution in [0.5, 0.6) is 0 Å². The van der Waals surface area contributed by atoms with Crippen LogP contribution >= 0.6 is 11.3 Å². The van der Waals surface area contributed by atoms with Gasteiger partial charge in [0.25, 0.3) is 5.91 Å². The molecule has 28 heavy (non-hydrogen) atoms. The molecule has 3 aromatic rings. The third-order valence-corrected chi connectivity index (χ3v) is 6.50. The maximum absolute atomic E-state index is 12.5. The van der Waals surface area contributed by atoms with Gasteiger partial charge in [-0.25, -0.2) is 4.98 Å². The molecule has 0 aliphatic carbocycles. The Morgan fingerprint density at radius 2 is 1.82 bits per heavy atom. The first-order chi connectivity index (χ1) is 13.6. The molecular formula is C22H23N3O2S. The van der Waals surface area contributed by atoms with Crippen molar-refractivity contribution in [2.75, 3.05) is 19.6 Å². The molecule has 1 aliphatic heterocycles. The predicted octanol–water partition coefficient (Wildman–Crippen LogP) is 3.74.